The summed E-state index contributed by atoms with van der Waals surface area (Å²) in [7, 11) is 0. The van der Waals surface area contributed by atoms with Crippen molar-refractivity contribution in [2.75, 3.05) is 0 Å². The molecule has 1 heterocycles. The molecule has 0 fully saturated rings. The monoisotopic (exact) mass is 732 g/mol. The van der Waals surface area contributed by atoms with Crippen molar-refractivity contribution in [3.8, 4) is 0 Å². The van der Waals surface area contributed by atoms with Gasteiger partial charge in [0.15, 0.2) is 17.3 Å². The Labute approximate surface area is 323 Å². The summed E-state index contributed by atoms with van der Waals surface area (Å²) in [6.45, 7) is 3.82. The standard InChI is InChI=1S/C48H46NO6/c1-34(2)27-41(51)30-39(28-35-17-7-3-8-18-35)45(53)44(46(54)42-25-15-16-26-49-42)48(33-50,32-37-21-11-5-12-22-37)47(55)40(29-36-19-9-4-10-20-36)31-43(52)38-23-13-6-14-24-38/h3-26,34,39-40,44H,27-32H2,1-2H3. The van der Waals surface area contributed by atoms with Crippen LogP contribution in [0.3, 0.4) is 0 Å². The van der Waals surface area contributed by atoms with E-state index in [1.54, 1.807) is 72.8 Å². The number of rotatable bonds is 21. The number of hydrogen-bond donors (Lipinski definition) is 0. The molecule has 1 aromatic heterocycles. The number of ketones is 5. The Morgan fingerprint density at radius 3 is 1.62 bits per heavy atom. The number of pyridine rings is 1. The first-order chi connectivity index (χ1) is 26.6. The molecule has 0 amide bonds. The lowest BCUT2D eigenvalue weighted by Gasteiger charge is -2.37. The SMILES string of the molecule is CC(C)CC(=O)CC(Cc1ccccc1)C(=O)C(C(=O)c1ccccn1)C([C]=O)(Cc1ccccc1)C(=O)C(CC(=O)c1ccccc1)Cc1ccccc1. The molecule has 7 nitrogen and oxygen atoms in total. The lowest BCUT2D eigenvalue weighted by Crippen LogP contribution is -2.53. The molecule has 279 valence electrons. The molecule has 0 aliphatic rings. The van der Waals surface area contributed by atoms with Gasteiger partial charge in [0.05, 0.1) is 0 Å². The maximum atomic E-state index is 15.6. The van der Waals surface area contributed by atoms with E-state index in [0.717, 1.165) is 11.1 Å². The fourth-order valence-corrected chi connectivity index (χ4v) is 7.35. The smallest absolute Gasteiger partial charge is 0.214 e. The molecule has 7 heteroatoms. The Morgan fingerprint density at radius 1 is 0.600 bits per heavy atom. The van der Waals surface area contributed by atoms with Crippen LogP contribution in [-0.4, -0.2) is 40.2 Å². The normalized spacial score (nSPS) is 13.9. The summed E-state index contributed by atoms with van der Waals surface area (Å²) in [5, 5.41) is 0. The minimum absolute atomic E-state index is 0.0221. The van der Waals surface area contributed by atoms with Crippen LogP contribution in [0.2, 0.25) is 0 Å². The first-order valence-corrected chi connectivity index (χ1v) is 18.8. The molecule has 0 saturated carbocycles. The van der Waals surface area contributed by atoms with Crippen molar-refractivity contribution in [2.24, 2.45) is 29.1 Å². The van der Waals surface area contributed by atoms with E-state index in [1.807, 2.05) is 80.8 Å². The average Bonchev–Trinajstić information content (AvgIpc) is 3.21. The van der Waals surface area contributed by atoms with Crippen LogP contribution in [0.1, 0.15) is 70.6 Å². The molecule has 5 rings (SSSR count). The van der Waals surface area contributed by atoms with E-state index in [-0.39, 0.29) is 61.7 Å². The molecule has 4 aromatic carbocycles. The average molecular weight is 733 g/mol. The summed E-state index contributed by atoms with van der Waals surface area (Å²) >= 11 is 0. The Bertz CT molecular complexity index is 2050. The van der Waals surface area contributed by atoms with Gasteiger partial charge >= 0.3 is 0 Å². The van der Waals surface area contributed by atoms with Gasteiger partial charge < -0.3 is 0 Å². The van der Waals surface area contributed by atoms with Gasteiger partial charge in [-0.05, 0) is 54.0 Å². The van der Waals surface area contributed by atoms with Crippen LogP contribution in [0.25, 0.3) is 0 Å². The summed E-state index contributed by atoms with van der Waals surface area (Å²) in [5.74, 6) is -6.82. The highest BCUT2D eigenvalue weighted by Crippen LogP contribution is 2.41. The fraction of sp³-hybridized carbons (Fsp3) is 0.271. The van der Waals surface area contributed by atoms with E-state index < -0.39 is 40.5 Å². The molecular weight excluding hydrogens is 687 g/mol. The predicted molar refractivity (Wildman–Crippen MR) is 212 cm³/mol. The van der Waals surface area contributed by atoms with E-state index in [2.05, 4.69) is 4.98 Å². The number of carbonyl (C=O) groups excluding carboxylic acids is 6. The van der Waals surface area contributed by atoms with E-state index >= 15 is 9.59 Å². The van der Waals surface area contributed by atoms with Crippen molar-refractivity contribution >= 4 is 35.2 Å². The molecule has 0 bridgehead atoms. The summed E-state index contributed by atoms with van der Waals surface area (Å²) in [5.41, 5.74) is -0.0862. The zero-order valence-corrected chi connectivity index (χ0v) is 31.3. The number of carbonyl (C=O) groups is 5. The summed E-state index contributed by atoms with van der Waals surface area (Å²) in [6, 6.07) is 40.2. The second-order valence-electron chi connectivity index (χ2n) is 14.6. The molecule has 0 spiro atoms. The van der Waals surface area contributed by atoms with Gasteiger partial charge in [-0.2, -0.15) is 0 Å². The lowest BCUT2D eigenvalue weighted by molar-refractivity contribution is -0.139. The summed E-state index contributed by atoms with van der Waals surface area (Å²) in [4.78, 5) is 91.6. The Balaban J connectivity index is 1.72. The van der Waals surface area contributed by atoms with Crippen molar-refractivity contribution in [3.05, 3.63) is 174 Å². The van der Waals surface area contributed by atoms with Gasteiger partial charge in [-0.3, -0.25) is 33.8 Å². The fourth-order valence-electron chi connectivity index (χ4n) is 7.35. The quantitative estimate of drug-likeness (QED) is 0.0550. The van der Waals surface area contributed by atoms with E-state index in [1.165, 1.54) is 12.3 Å². The highest BCUT2D eigenvalue weighted by atomic mass is 16.2. The molecular formula is C48H46NO6. The van der Waals surface area contributed by atoms with E-state index in [0.29, 0.717) is 11.1 Å². The number of aromatic nitrogens is 1. The maximum Gasteiger partial charge on any atom is 0.214 e. The minimum atomic E-state index is -2.39. The van der Waals surface area contributed by atoms with Gasteiger partial charge in [-0.15, -0.1) is 0 Å². The highest BCUT2D eigenvalue weighted by molar-refractivity contribution is 6.19. The highest BCUT2D eigenvalue weighted by Gasteiger charge is 2.56. The first kappa shape index (κ1) is 40.2. The van der Waals surface area contributed by atoms with E-state index in [9.17, 15) is 19.2 Å². The van der Waals surface area contributed by atoms with Gasteiger partial charge in [0.1, 0.15) is 28.6 Å². The molecule has 1 radical (unpaired) electrons. The third kappa shape index (κ3) is 10.6. The minimum Gasteiger partial charge on any atom is -0.300 e. The van der Waals surface area contributed by atoms with Crippen LogP contribution < -0.4 is 0 Å². The van der Waals surface area contributed by atoms with Crippen molar-refractivity contribution in [1.29, 1.82) is 0 Å². The largest absolute Gasteiger partial charge is 0.300 e. The Morgan fingerprint density at radius 2 is 1.11 bits per heavy atom. The molecule has 0 aliphatic carbocycles. The van der Waals surface area contributed by atoms with Gasteiger partial charge in [0.25, 0.3) is 0 Å². The van der Waals surface area contributed by atoms with E-state index in [4.69, 9.17) is 0 Å². The van der Waals surface area contributed by atoms with Gasteiger partial charge in [-0.1, -0.05) is 141 Å². The third-order valence-electron chi connectivity index (χ3n) is 9.97. The van der Waals surface area contributed by atoms with Crippen LogP contribution >= 0.6 is 0 Å². The van der Waals surface area contributed by atoms with Gasteiger partial charge in [-0.25, -0.2) is 0 Å². The molecule has 4 unspecified atom stereocenters. The zero-order valence-electron chi connectivity index (χ0n) is 31.3. The van der Waals surface area contributed by atoms with Gasteiger partial charge in [0, 0.05) is 42.9 Å². The van der Waals surface area contributed by atoms with Crippen molar-refractivity contribution < 1.29 is 28.8 Å². The van der Waals surface area contributed by atoms with Crippen LogP contribution in [0.4, 0.5) is 0 Å². The number of hydrogen-bond acceptors (Lipinski definition) is 7. The molecule has 0 saturated heterocycles. The second kappa shape index (κ2) is 19.4. The zero-order chi connectivity index (χ0) is 39.2. The van der Waals surface area contributed by atoms with Crippen molar-refractivity contribution in [3.63, 3.8) is 0 Å². The van der Waals surface area contributed by atoms with Crippen LogP contribution in [0.15, 0.2) is 146 Å². The number of nitrogens with zero attached hydrogens (tertiary/aromatic N) is 1. The first-order valence-electron chi connectivity index (χ1n) is 18.8. The topological polar surface area (TPSA) is 115 Å². The van der Waals surface area contributed by atoms with Crippen molar-refractivity contribution in [2.45, 2.75) is 52.4 Å². The lowest BCUT2D eigenvalue weighted by atomic mass is 9.60. The molecule has 4 atom stereocenters. The molecule has 0 aliphatic heterocycles. The predicted octanol–water partition coefficient (Wildman–Crippen LogP) is 8.35. The third-order valence-corrected chi connectivity index (χ3v) is 9.97. The van der Waals surface area contributed by atoms with Crippen LogP contribution in [0.5, 0.6) is 0 Å². The Kier molecular flexibility index (Phi) is 14.2. The maximum absolute atomic E-state index is 15.6. The Hall–Kier alpha value is -5.95. The number of benzene rings is 4. The molecule has 5 aromatic rings. The van der Waals surface area contributed by atoms with Crippen LogP contribution in [0, 0.1) is 29.1 Å². The second-order valence-corrected chi connectivity index (χ2v) is 14.6. The van der Waals surface area contributed by atoms with Gasteiger partial charge in [0.2, 0.25) is 6.29 Å². The molecule has 55 heavy (non-hydrogen) atoms. The van der Waals surface area contributed by atoms with Crippen molar-refractivity contribution in [1.82, 2.24) is 4.98 Å². The van der Waals surface area contributed by atoms with Crippen LogP contribution in [-0.2, 0) is 38.4 Å². The summed E-state index contributed by atoms with van der Waals surface area (Å²) < 4.78 is 0. The molecule has 0 N–H and O–H groups in total. The summed E-state index contributed by atoms with van der Waals surface area (Å²) in [6.07, 6.45) is 2.99. The number of Topliss-reactive ketones (excluding diaryl/α,β-unsaturated/α-hetero) is 5.